The molecular formula is C26H25ClN2O2S. The van der Waals surface area contributed by atoms with Gasteiger partial charge in [-0.1, -0.05) is 79.1 Å². The summed E-state index contributed by atoms with van der Waals surface area (Å²) >= 11 is 7.62. The summed E-state index contributed by atoms with van der Waals surface area (Å²) in [6.45, 7) is 3.24. The predicted octanol–water partition coefficient (Wildman–Crippen LogP) is 7.37. The van der Waals surface area contributed by atoms with Crippen LogP contribution in [-0.2, 0) is 6.54 Å². The van der Waals surface area contributed by atoms with Gasteiger partial charge in [0, 0.05) is 10.6 Å². The first-order chi connectivity index (χ1) is 15.6. The molecule has 4 rings (SSSR count). The average Bonchev–Trinajstić information content (AvgIpc) is 3.23. The third-order valence-electron chi connectivity index (χ3n) is 5.10. The van der Waals surface area contributed by atoms with Crippen molar-refractivity contribution in [3.05, 3.63) is 88.9 Å². The van der Waals surface area contributed by atoms with Crippen LogP contribution in [0.4, 0.5) is 5.13 Å². The number of amides is 1. The quantitative estimate of drug-likeness (QED) is 0.243. The number of carbonyl (C=O) groups excluding carboxylic acids is 1. The van der Waals surface area contributed by atoms with E-state index in [4.69, 9.17) is 21.3 Å². The summed E-state index contributed by atoms with van der Waals surface area (Å²) in [7, 11) is 0. The van der Waals surface area contributed by atoms with Crippen LogP contribution in [0.2, 0.25) is 5.02 Å². The molecule has 1 heterocycles. The van der Waals surface area contributed by atoms with Crippen LogP contribution in [-0.4, -0.2) is 17.5 Å². The third-order valence-corrected chi connectivity index (χ3v) is 6.37. The minimum absolute atomic E-state index is 0.113. The zero-order valence-electron chi connectivity index (χ0n) is 18.0. The van der Waals surface area contributed by atoms with Gasteiger partial charge in [0.2, 0.25) is 0 Å². The van der Waals surface area contributed by atoms with Gasteiger partial charge in [0.15, 0.2) is 5.13 Å². The molecule has 0 saturated heterocycles. The summed E-state index contributed by atoms with van der Waals surface area (Å²) in [5.74, 6) is 0.598. The van der Waals surface area contributed by atoms with E-state index in [0.29, 0.717) is 34.6 Å². The fourth-order valence-electron chi connectivity index (χ4n) is 3.41. The monoisotopic (exact) mass is 464 g/mol. The summed E-state index contributed by atoms with van der Waals surface area (Å²) in [6, 6.07) is 22.9. The maximum atomic E-state index is 13.6. The number of aromatic nitrogens is 1. The summed E-state index contributed by atoms with van der Waals surface area (Å²) < 4.78 is 6.82. The number of ether oxygens (including phenoxy) is 1. The van der Waals surface area contributed by atoms with E-state index in [1.807, 2.05) is 72.8 Å². The standard InChI is InChI=1S/C26H25ClN2O2S/c1-2-3-7-15-31-22-12-8-11-20(16-22)25(30)29(18-19-9-5-4-6-10-19)26-28-23-14-13-21(27)17-24(23)32-26/h4-6,8-14,16-17H,2-3,7,15,18H2,1H3. The first-order valence-electron chi connectivity index (χ1n) is 10.8. The topological polar surface area (TPSA) is 42.4 Å². The number of anilines is 1. The number of hydrogen-bond acceptors (Lipinski definition) is 4. The van der Waals surface area contributed by atoms with Gasteiger partial charge in [-0.3, -0.25) is 9.69 Å². The molecule has 0 atom stereocenters. The lowest BCUT2D eigenvalue weighted by Gasteiger charge is -2.20. The molecule has 0 saturated carbocycles. The van der Waals surface area contributed by atoms with Crippen molar-refractivity contribution in [1.82, 2.24) is 4.98 Å². The Balaban J connectivity index is 1.64. The molecule has 4 aromatic rings. The number of benzene rings is 3. The van der Waals surface area contributed by atoms with Crippen molar-refractivity contribution >= 4 is 44.2 Å². The smallest absolute Gasteiger partial charge is 0.260 e. The van der Waals surface area contributed by atoms with Crippen LogP contribution in [0.25, 0.3) is 10.2 Å². The molecule has 0 aliphatic heterocycles. The number of thiazole rings is 1. The van der Waals surface area contributed by atoms with Gasteiger partial charge in [-0.15, -0.1) is 0 Å². The summed E-state index contributed by atoms with van der Waals surface area (Å²) in [6.07, 6.45) is 3.28. The van der Waals surface area contributed by atoms with Gasteiger partial charge in [0.25, 0.3) is 5.91 Å². The molecule has 1 amide bonds. The van der Waals surface area contributed by atoms with Crippen LogP contribution in [0.1, 0.15) is 42.1 Å². The van der Waals surface area contributed by atoms with Crippen LogP contribution in [0.5, 0.6) is 5.75 Å². The van der Waals surface area contributed by atoms with Crippen LogP contribution >= 0.6 is 22.9 Å². The van der Waals surface area contributed by atoms with E-state index in [2.05, 4.69) is 6.92 Å². The SMILES string of the molecule is CCCCCOc1cccc(C(=O)N(Cc2ccccc2)c2nc3ccc(Cl)cc3s2)c1. The Kier molecular flexibility index (Phi) is 7.40. The Hall–Kier alpha value is -2.89. The molecule has 0 fully saturated rings. The normalized spacial score (nSPS) is 10.9. The highest BCUT2D eigenvalue weighted by atomic mass is 35.5. The summed E-state index contributed by atoms with van der Waals surface area (Å²) in [4.78, 5) is 20.1. The van der Waals surface area contributed by atoms with Crippen molar-refractivity contribution < 1.29 is 9.53 Å². The highest BCUT2D eigenvalue weighted by Crippen LogP contribution is 2.32. The molecule has 0 bridgehead atoms. The van der Waals surface area contributed by atoms with E-state index in [1.165, 1.54) is 11.3 Å². The first kappa shape index (κ1) is 22.3. The molecule has 0 N–H and O–H groups in total. The average molecular weight is 465 g/mol. The Morgan fingerprint density at radius 1 is 1.03 bits per heavy atom. The number of fused-ring (bicyclic) bond motifs is 1. The molecule has 4 nitrogen and oxygen atoms in total. The second kappa shape index (κ2) is 10.6. The van der Waals surface area contributed by atoms with Gasteiger partial charge >= 0.3 is 0 Å². The molecule has 1 aromatic heterocycles. The fraction of sp³-hybridized carbons (Fsp3) is 0.231. The number of unbranched alkanes of at least 4 members (excludes halogenated alkanes) is 2. The highest BCUT2D eigenvalue weighted by Gasteiger charge is 2.22. The lowest BCUT2D eigenvalue weighted by atomic mass is 10.1. The highest BCUT2D eigenvalue weighted by molar-refractivity contribution is 7.22. The van der Waals surface area contributed by atoms with Crippen LogP contribution < -0.4 is 9.64 Å². The zero-order valence-corrected chi connectivity index (χ0v) is 19.5. The first-order valence-corrected chi connectivity index (χ1v) is 12.0. The van der Waals surface area contributed by atoms with E-state index < -0.39 is 0 Å². The van der Waals surface area contributed by atoms with E-state index in [9.17, 15) is 4.79 Å². The Bertz CT molecular complexity index is 1190. The van der Waals surface area contributed by atoms with Gasteiger partial charge in [0.1, 0.15) is 5.75 Å². The lowest BCUT2D eigenvalue weighted by Crippen LogP contribution is -2.30. The molecule has 0 aliphatic rings. The number of halogens is 1. The zero-order chi connectivity index (χ0) is 22.3. The molecule has 0 aliphatic carbocycles. The van der Waals surface area contributed by atoms with Crippen LogP contribution in [0.3, 0.4) is 0 Å². The van der Waals surface area contributed by atoms with Gasteiger partial charge < -0.3 is 4.74 Å². The Morgan fingerprint density at radius 2 is 1.88 bits per heavy atom. The van der Waals surface area contributed by atoms with E-state index in [-0.39, 0.29) is 5.91 Å². The van der Waals surface area contributed by atoms with Crippen molar-refractivity contribution in [3.8, 4) is 5.75 Å². The van der Waals surface area contributed by atoms with Crippen LogP contribution in [0, 0.1) is 0 Å². The molecule has 0 spiro atoms. The molecule has 164 valence electrons. The van der Waals surface area contributed by atoms with Gasteiger partial charge in [-0.2, -0.15) is 0 Å². The van der Waals surface area contributed by atoms with Crippen molar-refractivity contribution in [2.24, 2.45) is 0 Å². The second-order valence-electron chi connectivity index (χ2n) is 7.57. The molecular weight excluding hydrogens is 440 g/mol. The minimum atomic E-state index is -0.113. The van der Waals surface area contributed by atoms with Crippen LogP contribution in [0.15, 0.2) is 72.8 Å². The van der Waals surface area contributed by atoms with Gasteiger partial charge in [-0.05, 0) is 48.4 Å². The number of carbonyl (C=O) groups is 1. The van der Waals surface area contributed by atoms with Gasteiger partial charge in [-0.25, -0.2) is 4.98 Å². The minimum Gasteiger partial charge on any atom is -0.494 e. The van der Waals surface area contributed by atoms with Crippen molar-refractivity contribution in [2.75, 3.05) is 11.5 Å². The van der Waals surface area contributed by atoms with Crippen molar-refractivity contribution in [2.45, 2.75) is 32.7 Å². The summed E-state index contributed by atoms with van der Waals surface area (Å²) in [5, 5.41) is 1.30. The Morgan fingerprint density at radius 3 is 2.69 bits per heavy atom. The fourth-order valence-corrected chi connectivity index (χ4v) is 4.65. The molecule has 32 heavy (non-hydrogen) atoms. The number of nitrogens with zero attached hydrogens (tertiary/aromatic N) is 2. The molecule has 6 heteroatoms. The maximum absolute atomic E-state index is 13.6. The van der Waals surface area contributed by atoms with Gasteiger partial charge in [0.05, 0.1) is 23.4 Å². The molecule has 0 unspecified atom stereocenters. The second-order valence-corrected chi connectivity index (χ2v) is 9.01. The number of hydrogen-bond donors (Lipinski definition) is 0. The molecule has 0 radical (unpaired) electrons. The van der Waals surface area contributed by atoms with E-state index in [1.54, 1.807) is 4.90 Å². The maximum Gasteiger partial charge on any atom is 0.260 e. The number of rotatable bonds is 9. The largest absolute Gasteiger partial charge is 0.494 e. The van der Waals surface area contributed by atoms with Crippen molar-refractivity contribution in [3.63, 3.8) is 0 Å². The van der Waals surface area contributed by atoms with E-state index in [0.717, 1.165) is 35.0 Å². The Labute approximate surface area is 197 Å². The third kappa shape index (κ3) is 5.47. The van der Waals surface area contributed by atoms with Crippen molar-refractivity contribution in [1.29, 1.82) is 0 Å². The molecule has 3 aromatic carbocycles. The van der Waals surface area contributed by atoms with E-state index >= 15 is 0 Å². The summed E-state index contributed by atoms with van der Waals surface area (Å²) in [5.41, 5.74) is 2.43. The lowest BCUT2D eigenvalue weighted by molar-refractivity contribution is 0.0984. The predicted molar refractivity (Wildman–Crippen MR) is 133 cm³/mol.